The Balaban J connectivity index is 2.20. The molecule has 118 valence electrons. The van der Waals surface area contributed by atoms with Crippen molar-refractivity contribution in [2.45, 2.75) is 96.6 Å². The minimum Gasteiger partial charge on any atom is -0.336 e. The van der Waals surface area contributed by atoms with E-state index in [2.05, 4.69) is 18.7 Å². The molecular formula is C17H34N2O. The number of likely N-dealkylation sites (tertiary alicyclic amines) is 1. The van der Waals surface area contributed by atoms with Gasteiger partial charge in [-0.15, -0.1) is 0 Å². The molecule has 3 heteroatoms. The number of nitrogens with two attached hydrogens (primary N) is 1. The van der Waals surface area contributed by atoms with E-state index in [1.54, 1.807) is 0 Å². The summed E-state index contributed by atoms with van der Waals surface area (Å²) in [6, 6.07) is 0.671. The van der Waals surface area contributed by atoms with Crippen LogP contribution < -0.4 is 5.73 Å². The molecule has 1 fully saturated rings. The van der Waals surface area contributed by atoms with Crippen LogP contribution in [0.25, 0.3) is 0 Å². The van der Waals surface area contributed by atoms with Gasteiger partial charge >= 0.3 is 0 Å². The summed E-state index contributed by atoms with van der Waals surface area (Å²) in [4.78, 5) is 14.5. The molecule has 0 bridgehead atoms. The Morgan fingerprint density at radius 3 is 2.40 bits per heavy atom. The fourth-order valence-corrected chi connectivity index (χ4v) is 3.33. The van der Waals surface area contributed by atoms with E-state index in [9.17, 15) is 4.79 Å². The summed E-state index contributed by atoms with van der Waals surface area (Å²) < 4.78 is 0. The minimum atomic E-state index is 0.288. The Hall–Kier alpha value is -0.570. The van der Waals surface area contributed by atoms with Gasteiger partial charge in [-0.3, -0.25) is 4.79 Å². The predicted octanol–water partition coefficient (Wildman–Crippen LogP) is 3.86. The number of unbranched alkanes of at least 4 members (excludes halogenated alkanes) is 6. The number of hydrogen-bond donors (Lipinski definition) is 1. The van der Waals surface area contributed by atoms with Gasteiger partial charge in [-0.2, -0.15) is 0 Å². The molecule has 0 saturated carbocycles. The lowest BCUT2D eigenvalue weighted by Gasteiger charge is -2.40. The highest BCUT2D eigenvalue weighted by molar-refractivity contribution is 5.77. The summed E-state index contributed by atoms with van der Waals surface area (Å²) in [5.41, 5.74) is 5.82. The van der Waals surface area contributed by atoms with E-state index in [-0.39, 0.29) is 6.04 Å². The maximum atomic E-state index is 12.4. The summed E-state index contributed by atoms with van der Waals surface area (Å²) in [5.74, 6) is 0.334. The molecule has 1 amide bonds. The van der Waals surface area contributed by atoms with Crippen LogP contribution >= 0.6 is 0 Å². The van der Waals surface area contributed by atoms with E-state index < -0.39 is 0 Å². The topological polar surface area (TPSA) is 46.3 Å². The summed E-state index contributed by atoms with van der Waals surface area (Å²) >= 11 is 0. The van der Waals surface area contributed by atoms with Gasteiger partial charge in [0.2, 0.25) is 5.91 Å². The molecule has 0 spiro atoms. The van der Waals surface area contributed by atoms with Crippen molar-refractivity contribution in [3.63, 3.8) is 0 Å². The number of piperidine rings is 1. The van der Waals surface area contributed by atoms with E-state index >= 15 is 0 Å². The van der Waals surface area contributed by atoms with E-state index in [4.69, 9.17) is 5.73 Å². The lowest BCUT2D eigenvalue weighted by Crippen LogP contribution is -2.51. The fraction of sp³-hybridized carbons (Fsp3) is 0.941. The second kappa shape index (κ2) is 10.2. The summed E-state index contributed by atoms with van der Waals surface area (Å²) in [6.07, 6.45) is 13.0. The van der Waals surface area contributed by atoms with Gasteiger partial charge in [0.15, 0.2) is 0 Å². The smallest absolute Gasteiger partial charge is 0.223 e. The molecule has 1 saturated heterocycles. The van der Waals surface area contributed by atoms with Gasteiger partial charge in [0.1, 0.15) is 0 Å². The second-order valence-corrected chi connectivity index (χ2v) is 6.34. The van der Waals surface area contributed by atoms with Crippen molar-refractivity contribution in [2.24, 2.45) is 5.73 Å². The van der Waals surface area contributed by atoms with Gasteiger partial charge in [-0.1, -0.05) is 45.4 Å². The largest absolute Gasteiger partial charge is 0.336 e. The maximum absolute atomic E-state index is 12.4. The van der Waals surface area contributed by atoms with Crippen LogP contribution in [-0.4, -0.2) is 29.4 Å². The number of hydrogen-bond acceptors (Lipinski definition) is 2. The average Bonchev–Trinajstić information content (AvgIpc) is 2.45. The monoisotopic (exact) mass is 282 g/mol. The van der Waals surface area contributed by atoms with Crippen LogP contribution in [0.1, 0.15) is 84.5 Å². The maximum Gasteiger partial charge on any atom is 0.223 e. The van der Waals surface area contributed by atoms with Crippen molar-refractivity contribution in [3.8, 4) is 0 Å². The van der Waals surface area contributed by atoms with Crippen molar-refractivity contribution in [1.82, 2.24) is 4.90 Å². The molecule has 1 heterocycles. The molecule has 0 radical (unpaired) electrons. The van der Waals surface area contributed by atoms with Crippen molar-refractivity contribution in [3.05, 3.63) is 0 Å². The molecule has 2 unspecified atom stereocenters. The number of amides is 1. The van der Waals surface area contributed by atoms with Crippen LogP contribution in [0.3, 0.4) is 0 Å². The third-order valence-electron chi connectivity index (χ3n) is 4.58. The van der Waals surface area contributed by atoms with Crippen LogP contribution in [-0.2, 0) is 4.79 Å². The van der Waals surface area contributed by atoms with E-state index in [0.29, 0.717) is 24.9 Å². The summed E-state index contributed by atoms with van der Waals surface area (Å²) in [5, 5.41) is 0. The first-order chi connectivity index (χ1) is 9.70. The quantitative estimate of drug-likeness (QED) is 0.653. The highest BCUT2D eigenvalue weighted by Crippen LogP contribution is 2.23. The van der Waals surface area contributed by atoms with Gasteiger partial charge in [0, 0.05) is 25.0 Å². The third kappa shape index (κ3) is 5.82. The Kier molecular flexibility index (Phi) is 8.92. The van der Waals surface area contributed by atoms with Gasteiger partial charge in [0.25, 0.3) is 0 Å². The molecule has 0 aliphatic carbocycles. The molecule has 1 aliphatic heterocycles. The van der Waals surface area contributed by atoms with Gasteiger partial charge in [-0.25, -0.2) is 0 Å². The number of carbonyl (C=O) groups is 1. The number of carbonyl (C=O) groups excluding carboxylic acids is 1. The molecule has 2 atom stereocenters. The SMILES string of the molecule is CCCCCCCCCC(=O)N1C(C)CCCC1CN. The molecular weight excluding hydrogens is 248 g/mol. The lowest BCUT2D eigenvalue weighted by molar-refractivity contribution is -0.137. The molecule has 0 aromatic heterocycles. The predicted molar refractivity (Wildman–Crippen MR) is 85.6 cm³/mol. The van der Waals surface area contributed by atoms with Gasteiger partial charge < -0.3 is 10.6 Å². The van der Waals surface area contributed by atoms with Crippen LogP contribution in [0.5, 0.6) is 0 Å². The van der Waals surface area contributed by atoms with Crippen molar-refractivity contribution < 1.29 is 4.79 Å². The number of rotatable bonds is 9. The highest BCUT2D eigenvalue weighted by Gasteiger charge is 2.30. The van der Waals surface area contributed by atoms with Crippen molar-refractivity contribution in [2.75, 3.05) is 6.54 Å². The van der Waals surface area contributed by atoms with Crippen LogP contribution in [0, 0.1) is 0 Å². The van der Waals surface area contributed by atoms with Crippen LogP contribution in [0.2, 0.25) is 0 Å². The van der Waals surface area contributed by atoms with Crippen molar-refractivity contribution in [1.29, 1.82) is 0 Å². The molecule has 1 rings (SSSR count). The second-order valence-electron chi connectivity index (χ2n) is 6.34. The third-order valence-corrected chi connectivity index (χ3v) is 4.58. The zero-order chi connectivity index (χ0) is 14.8. The normalized spacial score (nSPS) is 23.1. The molecule has 20 heavy (non-hydrogen) atoms. The first-order valence-corrected chi connectivity index (χ1v) is 8.72. The molecule has 3 nitrogen and oxygen atoms in total. The van der Waals surface area contributed by atoms with E-state index in [0.717, 1.165) is 19.3 Å². The Morgan fingerprint density at radius 1 is 1.10 bits per heavy atom. The fourth-order valence-electron chi connectivity index (χ4n) is 3.33. The molecule has 0 aromatic carbocycles. The lowest BCUT2D eigenvalue weighted by atomic mass is 9.95. The van der Waals surface area contributed by atoms with Gasteiger partial charge in [0.05, 0.1) is 0 Å². The standard InChI is InChI=1S/C17H34N2O/c1-3-4-5-6-7-8-9-13-17(20)19-15(2)11-10-12-16(19)14-18/h15-16H,3-14,18H2,1-2H3. The zero-order valence-corrected chi connectivity index (χ0v) is 13.6. The van der Waals surface area contributed by atoms with E-state index in [1.807, 2.05) is 0 Å². The first-order valence-electron chi connectivity index (χ1n) is 8.72. The Labute approximate surface area is 125 Å². The number of nitrogens with zero attached hydrogens (tertiary/aromatic N) is 1. The zero-order valence-electron chi connectivity index (χ0n) is 13.6. The first kappa shape index (κ1) is 17.5. The van der Waals surface area contributed by atoms with Crippen LogP contribution in [0.15, 0.2) is 0 Å². The van der Waals surface area contributed by atoms with Gasteiger partial charge in [-0.05, 0) is 32.6 Å². The van der Waals surface area contributed by atoms with Crippen molar-refractivity contribution >= 4 is 5.91 Å². The average molecular weight is 282 g/mol. The Morgan fingerprint density at radius 2 is 1.75 bits per heavy atom. The van der Waals surface area contributed by atoms with Crippen LogP contribution in [0.4, 0.5) is 0 Å². The molecule has 1 aliphatic rings. The Bertz CT molecular complexity index is 268. The highest BCUT2D eigenvalue weighted by atomic mass is 16.2. The van der Waals surface area contributed by atoms with E-state index in [1.165, 1.54) is 44.9 Å². The molecule has 0 aromatic rings. The minimum absolute atomic E-state index is 0.288. The summed E-state index contributed by atoms with van der Waals surface area (Å²) in [6.45, 7) is 5.03. The summed E-state index contributed by atoms with van der Waals surface area (Å²) in [7, 11) is 0. The molecule has 2 N–H and O–H groups in total.